The molecule has 0 aliphatic rings. The van der Waals surface area contributed by atoms with E-state index < -0.39 is 0 Å². The van der Waals surface area contributed by atoms with E-state index in [1.54, 1.807) is 11.3 Å². The first kappa shape index (κ1) is 15.6. The second kappa shape index (κ2) is 6.80. The molecule has 2 aromatic rings. The lowest BCUT2D eigenvalue weighted by Gasteiger charge is -2.25. The van der Waals surface area contributed by atoms with Crippen LogP contribution in [0, 0.1) is 0 Å². The van der Waals surface area contributed by atoms with Crippen LogP contribution in [0.3, 0.4) is 0 Å². The number of hydrazone groups is 1. The van der Waals surface area contributed by atoms with Crippen molar-refractivity contribution in [3.8, 4) is 0 Å². The minimum absolute atomic E-state index is 0.0986. The number of hydrogen-bond acceptors (Lipinski definition) is 5. The van der Waals surface area contributed by atoms with Gasteiger partial charge in [-0.05, 0) is 48.7 Å². The highest BCUT2D eigenvalue weighted by Crippen LogP contribution is 2.29. The molecule has 2 aromatic heterocycles. The molecule has 0 saturated heterocycles. The number of hydrogen-bond donors (Lipinski definition) is 1. The third-order valence-corrected chi connectivity index (χ3v) is 4.80. The molecule has 112 valence electrons. The molecule has 0 unspecified atom stereocenters. The first-order valence-electron chi connectivity index (χ1n) is 7.26. The van der Waals surface area contributed by atoms with E-state index >= 15 is 0 Å². The van der Waals surface area contributed by atoms with Crippen molar-refractivity contribution >= 4 is 22.9 Å². The summed E-state index contributed by atoms with van der Waals surface area (Å²) in [6, 6.07) is 6.03. The van der Waals surface area contributed by atoms with E-state index in [9.17, 15) is 0 Å². The summed E-state index contributed by atoms with van der Waals surface area (Å²) < 4.78 is 0. The summed E-state index contributed by atoms with van der Waals surface area (Å²) in [6.45, 7) is 8.57. The van der Waals surface area contributed by atoms with E-state index in [4.69, 9.17) is 0 Å². The summed E-state index contributed by atoms with van der Waals surface area (Å²) in [4.78, 5) is 0. The Labute approximate surface area is 130 Å². The molecule has 1 N–H and O–H groups in total. The molecule has 2 heterocycles. The normalized spacial score (nSPS) is 12.5. The van der Waals surface area contributed by atoms with Crippen molar-refractivity contribution in [2.24, 2.45) is 5.10 Å². The average molecular weight is 302 g/mol. The largest absolute Gasteiger partial charge is 0.260 e. The highest BCUT2D eigenvalue weighted by atomic mass is 32.1. The molecule has 0 radical (unpaired) electrons. The fraction of sp³-hybridized carbons (Fsp3) is 0.438. The van der Waals surface area contributed by atoms with Gasteiger partial charge in [0.1, 0.15) is 0 Å². The van der Waals surface area contributed by atoms with Crippen molar-refractivity contribution in [2.75, 3.05) is 5.43 Å². The van der Waals surface area contributed by atoms with Gasteiger partial charge in [-0.15, -0.1) is 5.10 Å². The third kappa shape index (κ3) is 3.67. The van der Waals surface area contributed by atoms with Crippen molar-refractivity contribution in [1.82, 2.24) is 10.2 Å². The Kier molecular flexibility index (Phi) is 5.07. The maximum absolute atomic E-state index is 4.35. The lowest BCUT2D eigenvalue weighted by Crippen LogP contribution is -2.21. The zero-order chi connectivity index (χ0) is 15.3. The zero-order valence-electron chi connectivity index (χ0n) is 13.1. The van der Waals surface area contributed by atoms with Gasteiger partial charge in [0.2, 0.25) is 0 Å². The van der Waals surface area contributed by atoms with Crippen molar-refractivity contribution in [3.63, 3.8) is 0 Å². The molecule has 0 aromatic carbocycles. The Morgan fingerprint density at radius 3 is 2.52 bits per heavy atom. The first-order chi connectivity index (χ1) is 10.1. The van der Waals surface area contributed by atoms with E-state index in [0.29, 0.717) is 5.82 Å². The van der Waals surface area contributed by atoms with Gasteiger partial charge in [0.05, 0.1) is 11.4 Å². The SMILES string of the molecule is CCC(C)(CC)c1ccc(N/N=C(\C)c2ccsc2)nn1. The number of aromatic nitrogens is 2. The molecule has 0 saturated carbocycles. The van der Waals surface area contributed by atoms with Crippen LogP contribution in [0.15, 0.2) is 34.1 Å². The Morgan fingerprint density at radius 2 is 2.00 bits per heavy atom. The average Bonchev–Trinajstić information content (AvgIpc) is 3.07. The lowest BCUT2D eigenvalue weighted by molar-refractivity contribution is 0.421. The van der Waals surface area contributed by atoms with Gasteiger partial charge < -0.3 is 0 Å². The van der Waals surface area contributed by atoms with Crippen molar-refractivity contribution in [2.45, 2.75) is 46.0 Å². The van der Waals surface area contributed by atoms with Gasteiger partial charge in [-0.1, -0.05) is 20.8 Å². The lowest BCUT2D eigenvalue weighted by atomic mass is 9.81. The van der Waals surface area contributed by atoms with Crippen LogP contribution in [-0.2, 0) is 5.41 Å². The van der Waals surface area contributed by atoms with Crippen LogP contribution in [0.1, 0.15) is 51.8 Å². The summed E-state index contributed by atoms with van der Waals surface area (Å²) in [5.41, 5.74) is 6.17. The summed E-state index contributed by atoms with van der Waals surface area (Å²) in [6.07, 6.45) is 2.11. The molecule has 0 aliphatic heterocycles. The molecule has 0 spiro atoms. The fourth-order valence-corrected chi connectivity index (χ4v) is 2.70. The van der Waals surface area contributed by atoms with Crippen LogP contribution in [0.4, 0.5) is 5.82 Å². The van der Waals surface area contributed by atoms with E-state index in [1.807, 2.05) is 30.5 Å². The number of rotatable bonds is 6. The molecule has 2 rings (SSSR count). The predicted molar refractivity (Wildman–Crippen MR) is 90.1 cm³/mol. The molecule has 4 nitrogen and oxygen atoms in total. The standard InChI is InChI=1S/C16H22N4S/c1-5-16(4,6-2)14-7-8-15(20-18-14)19-17-12(3)13-9-10-21-11-13/h7-11H,5-6H2,1-4H3,(H,19,20)/b17-12+. The van der Waals surface area contributed by atoms with Crippen molar-refractivity contribution in [1.29, 1.82) is 0 Å². The van der Waals surface area contributed by atoms with Crippen LogP contribution >= 0.6 is 11.3 Å². The molecular weight excluding hydrogens is 280 g/mol. The summed E-state index contributed by atoms with van der Waals surface area (Å²) in [5.74, 6) is 0.669. The van der Waals surface area contributed by atoms with Crippen LogP contribution in [0.5, 0.6) is 0 Å². The molecule has 0 bridgehead atoms. The van der Waals surface area contributed by atoms with Crippen molar-refractivity contribution < 1.29 is 0 Å². The van der Waals surface area contributed by atoms with Crippen LogP contribution in [0.2, 0.25) is 0 Å². The van der Waals surface area contributed by atoms with Crippen LogP contribution < -0.4 is 5.43 Å². The molecular formula is C16H22N4S. The fourth-order valence-electron chi connectivity index (χ4n) is 2.00. The molecule has 0 amide bonds. The number of nitrogens with one attached hydrogen (secondary N) is 1. The first-order valence-corrected chi connectivity index (χ1v) is 8.20. The molecule has 21 heavy (non-hydrogen) atoms. The highest BCUT2D eigenvalue weighted by Gasteiger charge is 2.24. The van der Waals surface area contributed by atoms with Gasteiger partial charge in [0.25, 0.3) is 0 Å². The van der Waals surface area contributed by atoms with Gasteiger partial charge in [-0.3, -0.25) is 5.43 Å². The summed E-state index contributed by atoms with van der Waals surface area (Å²) in [7, 11) is 0. The van der Waals surface area contributed by atoms with Gasteiger partial charge >= 0.3 is 0 Å². The summed E-state index contributed by atoms with van der Waals surface area (Å²) >= 11 is 1.66. The Balaban J connectivity index is 2.08. The van der Waals surface area contributed by atoms with E-state index in [2.05, 4.69) is 46.9 Å². The Bertz CT molecular complexity index is 583. The smallest absolute Gasteiger partial charge is 0.168 e. The van der Waals surface area contributed by atoms with Gasteiger partial charge in [0, 0.05) is 11.0 Å². The van der Waals surface area contributed by atoms with Gasteiger partial charge in [0.15, 0.2) is 5.82 Å². The van der Waals surface area contributed by atoms with Crippen molar-refractivity contribution in [3.05, 3.63) is 40.2 Å². The monoisotopic (exact) mass is 302 g/mol. The molecule has 0 aliphatic carbocycles. The number of anilines is 1. The maximum Gasteiger partial charge on any atom is 0.168 e. The second-order valence-electron chi connectivity index (χ2n) is 5.39. The van der Waals surface area contributed by atoms with E-state index in [0.717, 1.165) is 29.8 Å². The molecule has 0 atom stereocenters. The maximum atomic E-state index is 4.35. The Hall–Kier alpha value is -1.75. The van der Waals surface area contributed by atoms with Crippen LogP contribution in [0.25, 0.3) is 0 Å². The third-order valence-electron chi connectivity index (χ3n) is 4.12. The van der Waals surface area contributed by atoms with Crippen LogP contribution in [-0.4, -0.2) is 15.9 Å². The minimum atomic E-state index is 0.0986. The minimum Gasteiger partial charge on any atom is -0.260 e. The number of nitrogens with zero attached hydrogens (tertiary/aromatic N) is 3. The predicted octanol–water partition coefficient (Wildman–Crippen LogP) is 4.45. The van der Waals surface area contributed by atoms with Gasteiger partial charge in [-0.2, -0.15) is 21.5 Å². The Morgan fingerprint density at radius 1 is 1.24 bits per heavy atom. The quantitative estimate of drug-likeness (QED) is 0.633. The topological polar surface area (TPSA) is 50.2 Å². The van der Waals surface area contributed by atoms with E-state index in [1.165, 1.54) is 0 Å². The second-order valence-corrected chi connectivity index (χ2v) is 6.17. The summed E-state index contributed by atoms with van der Waals surface area (Å²) in [5, 5.41) is 17.0. The van der Waals surface area contributed by atoms with Gasteiger partial charge in [-0.25, -0.2) is 0 Å². The molecule has 5 heteroatoms. The number of thiophene rings is 1. The van der Waals surface area contributed by atoms with E-state index in [-0.39, 0.29) is 5.41 Å². The zero-order valence-corrected chi connectivity index (χ0v) is 13.9. The highest BCUT2D eigenvalue weighted by molar-refractivity contribution is 7.08. The molecule has 0 fully saturated rings.